The Hall–Kier alpha value is -2.00. The monoisotopic (exact) mass is 351 g/mol. The summed E-state index contributed by atoms with van der Waals surface area (Å²) in [6.45, 7) is 3.38. The zero-order valence-corrected chi connectivity index (χ0v) is 14.6. The minimum Gasteiger partial charge on any atom is -0.477 e. The van der Waals surface area contributed by atoms with Crippen molar-refractivity contribution in [2.75, 3.05) is 19.7 Å². The van der Waals surface area contributed by atoms with Crippen molar-refractivity contribution in [1.29, 1.82) is 0 Å². The lowest BCUT2D eigenvalue weighted by Gasteiger charge is -2.30. The summed E-state index contributed by atoms with van der Waals surface area (Å²) >= 11 is 0. The predicted octanol–water partition coefficient (Wildman–Crippen LogP) is 0.998. The quantitative estimate of drug-likeness (QED) is 0.798. The van der Waals surface area contributed by atoms with E-state index >= 15 is 0 Å². The molecule has 1 fully saturated rings. The zero-order chi connectivity index (χ0) is 17.2. The van der Waals surface area contributed by atoms with E-state index in [4.69, 9.17) is 4.74 Å². The third kappa shape index (κ3) is 3.57. The highest BCUT2D eigenvalue weighted by Gasteiger charge is 2.32. The summed E-state index contributed by atoms with van der Waals surface area (Å²) < 4.78 is 33.9. The first-order valence-electron chi connectivity index (χ1n) is 7.86. The molecule has 0 N–H and O–H groups in total. The summed E-state index contributed by atoms with van der Waals surface area (Å²) in [7, 11) is -1.84. The largest absolute Gasteiger partial charge is 0.477 e. The summed E-state index contributed by atoms with van der Waals surface area (Å²) in [5.74, 6) is 0.874. The number of piperidine rings is 1. The summed E-state index contributed by atoms with van der Waals surface area (Å²) in [4.78, 5) is 12.1. The van der Waals surface area contributed by atoms with Gasteiger partial charge in [-0.15, -0.1) is 0 Å². The SMILES string of the molecule is Cc1cc(OCC2CCN(S(=O)(=O)c3nccn3C)CC2)ncn1. The van der Waals surface area contributed by atoms with Crippen molar-refractivity contribution in [3.05, 3.63) is 30.5 Å². The van der Waals surface area contributed by atoms with Crippen LogP contribution in [0.2, 0.25) is 0 Å². The number of imidazole rings is 1. The Morgan fingerprint density at radius 1 is 1.25 bits per heavy atom. The summed E-state index contributed by atoms with van der Waals surface area (Å²) in [5.41, 5.74) is 0.857. The molecule has 0 spiro atoms. The number of rotatable bonds is 5. The summed E-state index contributed by atoms with van der Waals surface area (Å²) in [6.07, 6.45) is 6.13. The van der Waals surface area contributed by atoms with E-state index in [1.165, 1.54) is 21.4 Å². The Morgan fingerprint density at radius 3 is 2.62 bits per heavy atom. The number of aryl methyl sites for hydroxylation is 2. The maximum absolute atomic E-state index is 12.6. The topological polar surface area (TPSA) is 90.2 Å². The number of ether oxygens (including phenoxy) is 1. The summed E-state index contributed by atoms with van der Waals surface area (Å²) in [5, 5.41) is 0.0914. The van der Waals surface area contributed by atoms with E-state index in [1.54, 1.807) is 19.3 Å². The Bertz CT molecular complexity index is 797. The second kappa shape index (κ2) is 6.86. The van der Waals surface area contributed by atoms with Crippen molar-refractivity contribution in [3.63, 3.8) is 0 Å². The second-order valence-corrected chi connectivity index (χ2v) is 7.81. The molecule has 1 aliphatic heterocycles. The molecule has 0 amide bonds. The van der Waals surface area contributed by atoms with Crippen molar-refractivity contribution in [2.24, 2.45) is 13.0 Å². The van der Waals surface area contributed by atoms with Crippen molar-refractivity contribution < 1.29 is 13.2 Å². The van der Waals surface area contributed by atoms with Gasteiger partial charge in [-0.25, -0.2) is 23.4 Å². The van der Waals surface area contributed by atoms with E-state index in [1.807, 2.05) is 6.92 Å². The highest BCUT2D eigenvalue weighted by atomic mass is 32.2. The van der Waals surface area contributed by atoms with Gasteiger partial charge in [-0.1, -0.05) is 0 Å². The average molecular weight is 351 g/mol. The lowest BCUT2D eigenvalue weighted by molar-refractivity contribution is 0.180. The van der Waals surface area contributed by atoms with Crippen LogP contribution in [0.25, 0.3) is 0 Å². The molecule has 1 saturated heterocycles. The van der Waals surface area contributed by atoms with Crippen molar-refractivity contribution in [3.8, 4) is 5.88 Å². The van der Waals surface area contributed by atoms with Crippen LogP contribution in [0, 0.1) is 12.8 Å². The molecule has 2 aromatic rings. The van der Waals surface area contributed by atoms with Crippen LogP contribution in [-0.4, -0.2) is 51.9 Å². The third-order valence-corrected chi connectivity index (χ3v) is 6.07. The first-order chi connectivity index (χ1) is 11.5. The van der Waals surface area contributed by atoms with Crippen LogP contribution in [-0.2, 0) is 17.1 Å². The van der Waals surface area contributed by atoms with E-state index in [2.05, 4.69) is 15.0 Å². The van der Waals surface area contributed by atoms with Crippen molar-refractivity contribution >= 4 is 10.0 Å². The van der Waals surface area contributed by atoms with E-state index in [-0.39, 0.29) is 5.16 Å². The molecule has 8 nitrogen and oxygen atoms in total. The van der Waals surface area contributed by atoms with Gasteiger partial charge in [-0.05, 0) is 25.7 Å². The normalized spacial score (nSPS) is 17.1. The van der Waals surface area contributed by atoms with Gasteiger partial charge >= 0.3 is 0 Å². The van der Waals surface area contributed by atoms with Crippen molar-refractivity contribution in [2.45, 2.75) is 24.9 Å². The lowest BCUT2D eigenvalue weighted by Crippen LogP contribution is -2.40. The fraction of sp³-hybridized carbons (Fsp3) is 0.533. The van der Waals surface area contributed by atoms with Gasteiger partial charge in [-0.3, -0.25) is 0 Å². The predicted molar refractivity (Wildman–Crippen MR) is 87.0 cm³/mol. The molecule has 0 saturated carbocycles. The fourth-order valence-corrected chi connectivity index (χ4v) is 4.29. The maximum atomic E-state index is 12.6. The Kier molecular flexibility index (Phi) is 4.81. The van der Waals surface area contributed by atoms with Gasteiger partial charge in [0.25, 0.3) is 10.0 Å². The minimum absolute atomic E-state index is 0.0914. The molecular weight excluding hydrogens is 330 g/mol. The molecule has 0 aliphatic carbocycles. The van der Waals surface area contributed by atoms with Crippen LogP contribution in [0.4, 0.5) is 0 Å². The molecule has 1 aliphatic rings. The molecule has 2 aromatic heterocycles. The van der Waals surface area contributed by atoms with Gasteiger partial charge in [0.1, 0.15) is 6.33 Å². The number of aromatic nitrogens is 4. The Labute approximate surface area is 141 Å². The van der Waals surface area contributed by atoms with Crippen LogP contribution < -0.4 is 4.74 Å². The smallest absolute Gasteiger partial charge is 0.276 e. The second-order valence-electron chi connectivity index (χ2n) is 5.98. The summed E-state index contributed by atoms with van der Waals surface area (Å²) in [6, 6.07) is 1.79. The highest BCUT2D eigenvalue weighted by molar-refractivity contribution is 7.89. The standard InChI is InChI=1S/C15H21N5O3S/c1-12-9-14(18-11-17-12)23-10-13-3-6-20(7-4-13)24(21,22)15-16-5-8-19(15)2/h5,8-9,11,13H,3-4,6-7,10H2,1-2H3. The number of nitrogens with zero attached hydrogens (tertiary/aromatic N) is 5. The average Bonchev–Trinajstić information content (AvgIpc) is 3.00. The molecular formula is C15H21N5O3S. The molecule has 9 heteroatoms. The zero-order valence-electron chi connectivity index (χ0n) is 13.8. The molecule has 0 radical (unpaired) electrons. The van der Waals surface area contributed by atoms with Crippen LogP contribution in [0.15, 0.2) is 29.9 Å². The molecule has 130 valence electrons. The minimum atomic E-state index is -3.52. The Morgan fingerprint density at radius 2 is 2.00 bits per heavy atom. The third-order valence-electron chi connectivity index (χ3n) is 4.17. The first kappa shape index (κ1) is 16.8. The lowest BCUT2D eigenvalue weighted by atomic mass is 9.99. The van der Waals surface area contributed by atoms with Crippen LogP contribution in [0.3, 0.4) is 0 Å². The van der Waals surface area contributed by atoms with Gasteiger partial charge in [0.2, 0.25) is 11.0 Å². The van der Waals surface area contributed by atoms with E-state index in [0.717, 1.165) is 18.5 Å². The Balaban J connectivity index is 1.55. The van der Waals surface area contributed by atoms with E-state index in [9.17, 15) is 8.42 Å². The maximum Gasteiger partial charge on any atom is 0.276 e. The molecule has 0 unspecified atom stereocenters. The highest BCUT2D eigenvalue weighted by Crippen LogP contribution is 2.23. The number of hydrogen-bond acceptors (Lipinski definition) is 6. The molecule has 0 atom stereocenters. The molecule has 0 bridgehead atoms. The van der Waals surface area contributed by atoms with Crippen LogP contribution in [0.1, 0.15) is 18.5 Å². The first-order valence-corrected chi connectivity index (χ1v) is 9.30. The number of hydrogen-bond donors (Lipinski definition) is 0. The molecule has 0 aromatic carbocycles. The van der Waals surface area contributed by atoms with Crippen LogP contribution in [0.5, 0.6) is 5.88 Å². The van der Waals surface area contributed by atoms with E-state index < -0.39 is 10.0 Å². The molecule has 24 heavy (non-hydrogen) atoms. The van der Waals surface area contributed by atoms with Crippen molar-refractivity contribution in [1.82, 2.24) is 23.8 Å². The molecule has 3 heterocycles. The van der Waals surface area contributed by atoms with Gasteiger partial charge in [0.15, 0.2) is 0 Å². The van der Waals surface area contributed by atoms with Crippen LogP contribution >= 0.6 is 0 Å². The van der Waals surface area contributed by atoms with E-state index in [0.29, 0.717) is 31.5 Å². The van der Waals surface area contributed by atoms with Gasteiger partial charge in [0.05, 0.1) is 6.61 Å². The van der Waals surface area contributed by atoms with Gasteiger partial charge in [0, 0.05) is 44.3 Å². The van der Waals surface area contributed by atoms with Gasteiger partial charge < -0.3 is 9.30 Å². The van der Waals surface area contributed by atoms with Gasteiger partial charge in [-0.2, -0.15) is 4.31 Å². The number of sulfonamides is 1. The molecule has 3 rings (SSSR count). The fourth-order valence-electron chi connectivity index (χ4n) is 2.74.